The Morgan fingerprint density at radius 1 is 1.31 bits per heavy atom. The molecule has 0 aliphatic heterocycles. The quantitative estimate of drug-likeness (QED) is 0.629. The van der Waals surface area contributed by atoms with Gasteiger partial charge in [0, 0.05) is 0 Å². The number of carbonyl (C=O) groups is 1. The first-order valence-electron chi connectivity index (χ1n) is 3.15. The Morgan fingerprint density at radius 2 is 1.85 bits per heavy atom. The SMILES string of the molecule is NC(=O)c1cc(Cl)c(O)c(O)c1Cl. The lowest BCUT2D eigenvalue weighted by molar-refractivity contribution is 0.1000. The van der Waals surface area contributed by atoms with E-state index in [4.69, 9.17) is 39.1 Å². The van der Waals surface area contributed by atoms with Crippen molar-refractivity contribution in [2.75, 3.05) is 0 Å². The predicted octanol–water partition coefficient (Wildman–Crippen LogP) is 1.50. The normalized spacial score (nSPS) is 10.0. The highest BCUT2D eigenvalue weighted by molar-refractivity contribution is 6.38. The number of nitrogens with two attached hydrogens (primary N) is 1. The second-order valence-corrected chi connectivity index (χ2v) is 3.07. The molecular formula is C7H5Cl2NO3. The lowest BCUT2D eigenvalue weighted by Gasteiger charge is -2.05. The van der Waals surface area contributed by atoms with Crippen LogP contribution < -0.4 is 5.73 Å². The van der Waals surface area contributed by atoms with Crippen LogP contribution in [0.15, 0.2) is 6.07 Å². The van der Waals surface area contributed by atoms with Gasteiger partial charge in [-0.05, 0) is 6.07 Å². The van der Waals surface area contributed by atoms with Gasteiger partial charge in [0.2, 0.25) is 5.91 Å². The first-order chi connectivity index (χ1) is 5.95. The molecule has 0 radical (unpaired) electrons. The summed E-state index contributed by atoms with van der Waals surface area (Å²) in [5.74, 6) is -2.05. The van der Waals surface area contributed by atoms with Crippen molar-refractivity contribution in [1.29, 1.82) is 0 Å². The molecule has 0 aromatic heterocycles. The van der Waals surface area contributed by atoms with Gasteiger partial charge in [0.25, 0.3) is 0 Å². The first kappa shape index (κ1) is 9.95. The minimum Gasteiger partial charge on any atom is -0.503 e. The molecule has 4 nitrogen and oxygen atoms in total. The van der Waals surface area contributed by atoms with Crippen LogP contribution >= 0.6 is 23.2 Å². The van der Waals surface area contributed by atoms with Crippen molar-refractivity contribution in [2.45, 2.75) is 0 Å². The Morgan fingerprint density at radius 3 is 2.31 bits per heavy atom. The number of halogens is 2. The number of aromatic hydroxyl groups is 2. The van der Waals surface area contributed by atoms with Crippen LogP contribution in [0.4, 0.5) is 0 Å². The maximum absolute atomic E-state index is 10.7. The largest absolute Gasteiger partial charge is 0.503 e. The van der Waals surface area contributed by atoms with Crippen LogP contribution in [0.3, 0.4) is 0 Å². The average molecular weight is 222 g/mol. The zero-order valence-corrected chi connectivity index (χ0v) is 7.73. The number of hydrogen-bond donors (Lipinski definition) is 3. The van der Waals surface area contributed by atoms with Gasteiger partial charge >= 0.3 is 0 Å². The fraction of sp³-hybridized carbons (Fsp3) is 0. The molecule has 0 fully saturated rings. The van der Waals surface area contributed by atoms with Gasteiger partial charge in [-0.25, -0.2) is 0 Å². The Labute approximate surface area is 83.5 Å². The van der Waals surface area contributed by atoms with Gasteiger partial charge in [-0.3, -0.25) is 4.79 Å². The number of benzene rings is 1. The highest BCUT2D eigenvalue weighted by Gasteiger charge is 2.17. The molecule has 1 aromatic rings. The molecule has 70 valence electrons. The van der Waals surface area contributed by atoms with Crippen molar-refractivity contribution in [2.24, 2.45) is 5.73 Å². The predicted molar refractivity (Wildman–Crippen MR) is 48.3 cm³/mol. The van der Waals surface area contributed by atoms with Crippen LogP contribution in [0.2, 0.25) is 10.0 Å². The molecule has 6 heteroatoms. The van der Waals surface area contributed by atoms with Crippen LogP contribution in [0.5, 0.6) is 11.5 Å². The second-order valence-electron chi connectivity index (χ2n) is 2.28. The molecule has 4 N–H and O–H groups in total. The van der Waals surface area contributed by atoms with E-state index in [0.717, 1.165) is 6.07 Å². The summed E-state index contributed by atoms with van der Waals surface area (Å²) in [5.41, 5.74) is 4.79. The van der Waals surface area contributed by atoms with Crippen LogP contribution in [-0.2, 0) is 0 Å². The molecule has 0 spiro atoms. The van der Waals surface area contributed by atoms with Crippen molar-refractivity contribution in [3.05, 3.63) is 21.7 Å². The Bertz CT molecular complexity index is 378. The molecule has 0 aliphatic carbocycles. The summed E-state index contributed by atoms with van der Waals surface area (Å²) in [4.78, 5) is 10.7. The average Bonchev–Trinajstić information content (AvgIpc) is 2.07. The van der Waals surface area contributed by atoms with Gasteiger partial charge in [-0.2, -0.15) is 0 Å². The smallest absolute Gasteiger partial charge is 0.250 e. The third-order valence-corrected chi connectivity index (χ3v) is 2.10. The van der Waals surface area contributed by atoms with E-state index < -0.39 is 17.4 Å². The number of carbonyl (C=O) groups excluding carboxylic acids is 1. The van der Waals surface area contributed by atoms with E-state index >= 15 is 0 Å². The van der Waals surface area contributed by atoms with Crippen molar-refractivity contribution < 1.29 is 15.0 Å². The number of rotatable bonds is 1. The number of primary amides is 1. The topological polar surface area (TPSA) is 83.6 Å². The molecule has 1 rings (SSSR count). The maximum atomic E-state index is 10.7. The van der Waals surface area contributed by atoms with Gasteiger partial charge in [-0.1, -0.05) is 23.2 Å². The van der Waals surface area contributed by atoms with E-state index in [9.17, 15) is 4.79 Å². The summed E-state index contributed by atoms with van der Waals surface area (Å²) in [6.07, 6.45) is 0. The summed E-state index contributed by atoms with van der Waals surface area (Å²) in [6, 6.07) is 1.08. The van der Waals surface area contributed by atoms with Gasteiger partial charge in [0.15, 0.2) is 11.5 Å². The first-order valence-corrected chi connectivity index (χ1v) is 3.90. The molecule has 0 saturated carbocycles. The van der Waals surface area contributed by atoms with Gasteiger partial charge < -0.3 is 15.9 Å². The zero-order valence-electron chi connectivity index (χ0n) is 6.21. The Kier molecular flexibility index (Phi) is 2.54. The van der Waals surface area contributed by atoms with E-state index in [1.165, 1.54) is 0 Å². The van der Waals surface area contributed by atoms with Crippen molar-refractivity contribution in [1.82, 2.24) is 0 Å². The lowest BCUT2D eigenvalue weighted by atomic mass is 10.2. The highest BCUT2D eigenvalue weighted by Crippen LogP contribution is 2.40. The molecule has 13 heavy (non-hydrogen) atoms. The number of phenolic OH excluding ortho intramolecular Hbond substituents is 2. The van der Waals surface area contributed by atoms with E-state index in [0.29, 0.717) is 0 Å². The molecule has 1 aromatic carbocycles. The third kappa shape index (κ3) is 1.64. The van der Waals surface area contributed by atoms with Crippen molar-refractivity contribution in [3.63, 3.8) is 0 Å². The Balaban J connectivity index is 3.50. The van der Waals surface area contributed by atoms with Crippen LogP contribution in [0.25, 0.3) is 0 Å². The fourth-order valence-corrected chi connectivity index (χ4v) is 1.22. The van der Waals surface area contributed by atoms with Gasteiger partial charge in [0.05, 0.1) is 15.6 Å². The summed E-state index contributed by atoms with van der Waals surface area (Å²) in [6.45, 7) is 0. The van der Waals surface area contributed by atoms with Crippen LogP contribution in [-0.4, -0.2) is 16.1 Å². The monoisotopic (exact) mass is 221 g/mol. The minimum atomic E-state index is -0.831. The van der Waals surface area contributed by atoms with Crippen LogP contribution in [0, 0.1) is 0 Å². The Hall–Kier alpha value is -1.13. The van der Waals surface area contributed by atoms with Gasteiger partial charge in [0.1, 0.15) is 0 Å². The third-order valence-electron chi connectivity index (χ3n) is 1.43. The second kappa shape index (κ2) is 3.32. The van der Waals surface area contributed by atoms with Gasteiger partial charge in [-0.15, -0.1) is 0 Å². The lowest BCUT2D eigenvalue weighted by Crippen LogP contribution is -2.11. The molecule has 0 bridgehead atoms. The number of hydrogen-bond acceptors (Lipinski definition) is 3. The number of amides is 1. The minimum absolute atomic E-state index is 0.137. The fourth-order valence-electron chi connectivity index (χ4n) is 0.782. The molecule has 0 atom stereocenters. The number of phenols is 2. The molecule has 0 saturated heterocycles. The molecule has 0 heterocycles. The van der Waals surface area contributed by atoms with E-state index in [1.807, 2.05) is 0 Å². The summed E-state index contributed by atoms with van der Waals surface area (Å²) in [7, 11) is 0. The molecular weight excluding hydrogens is 217 g/mol. The standard InChI is InChI=1S/C7H5Cl2NO3/c8-3-1-2(7(10)13)4(9)6(12)5(3)11/h1,11-12H,(H2,10,13). The maximum Gasteiger partial charge on any atom is 0.250 e. The van der Waals surface area contributed by atoms with E-state index in [2.05, 4.69) is 0 Å². The van der Waals surface area contributed by atoms with E-state index in [1.54, 1.807) is 0 Å². The molecule has 0 unspecified atom stereocenters. The summed E-state index contributed by atoms with van der Waals surface area (Å²) < 4.78 is 0. The van der Waals surface area contributed by atoms with E-state index in [-0.39, 0.29) is 15.6 Å². The highest BCUT2D eigenvalue weighted by atomic mass is 35.5. The summed E-state index contributed by atoms with van der Waals surface area (Å²) in [5, 5.41) is 17.7. The molecule has 1 amide bonds. The zero-order chi connectivity index (χ0) is 10.2. The van der Waals surface area contributed by atoms with Crippen LogP contribution in [0.1, 0.15) is 10.4 Å². The summed E-state index contributed by atoms with van der Waals surface area (Å²) >= 11 is 11.0. The van der Waals surface area contributed by atoms with Crippen molar-refractivity contribution >= 4 is 29.1 Å². The molecule has 0 aliphatic rings. The van der Waals surface area contributed by atoms with Crippen molar-refractivity contribution in [3.8, 4) is 11.5 Å².